The Morgan fingerprint density at radius 2 is 2.00 bits per heavy atom. The average Bonchev–Trinajstić information content (AvgIpc) is 2.36. The first-order valence-corrected chi connectivity index (χ1v) is 6.35. The van der Waals surface area contributed by atoms with Gasteiger partial charge in [0.1, 0.15) is 0 Å². The fourth-order valence-electron chi connectivity index (χ4n) is 2.29. The van der Waals surface area contributed by atoms with Gasteiger partial charge in [0.2, 0.25) is 6.41 Å². The Kier molecular flexibility index (Phi) is 4.18. The van der Waals surface area contributed by atoms with Crippen molar-refractivity contribution in [3.8, 4) is 0 Å². The van der Waals surface area contributed by atoms with Crippen molar-refractivity contribution in [1.29, 1.82) is 0 Å². The number of nitrogens with zero attached hydrogens (tertiary/aromatic N) is 1. The number of rotatable bonds is 4. The van der Waals surface area contributed by atoms with E-state index in [9.17, 15) is 14.7 Å². The van der Waals surface area contributed by atoms with Gasteiger partial charge in [-0.1, -0.05) is 0 Å². The van der Waals surface area contributed by atoms with E-state index in [2.05, 4.69) is 4.98 Å². The summed E-state index contributed by atoms with van der Waals surface area (Å²) >= 11 is 0. The molecule has 0 radical (unpaired) electrons. The summed E-state index contributed by atoms with van der Waals surface area (Å²) in [5, 5.41) is 19.0. The molecule has 7 heteroatoms. The molecule has 19 heavy (non-hydrogen) atoms. The third kappa shape index (κ3) is 2.94. The highest BCUT2D eigenvalue weighted by atomic mass is 16.6. The molecular formula is C12H18N2O5. The molecule has 1 heterocycles. The first-order valence-electron chi connectivity index (χ1n) is 6.35. The first kappa shape index (κ1) is 14.0. The molecule has 1 aliphatic rings. The zero-order valence-corrected chi connectivity index (χ0v) is 10.8. The lowest BCUT2D eigenvalue weighted by molar-refractivity contribution is -0.171. The van der Waals surface area contributed by atoms with Gasteiger partial charge in [-0.15, -0.1) is 0 Å². The van der Waals surface area contributed by atoms with Gasteiger partial charge in [0.25, 0.3) is 5.56 Å². The van der Waals surface area contributed by atoms with E-state index in [1.54, 1.807) is 0 Å². The number of ether oxygens (including phenoxy) is 1. The molecule has 3 N–H and O–H groups in total. The Morgan fingerprint density at radius 3 is 2.68 bits per heavy atom. The number of aromatic amines is 1. The van der Waals surface area contributed by atoms with E-state index in [0.717, 1.165) is 17.4 Å². The van der Waals surface area contributed by atoms with Gasteiger partial charge in [-0.2, -0.15) is 0 Å². The molecule has 7 nitrogen and oxygen atoms in total. The second kappa shape index (κ2) is 5.68. The first-order chi connectivity index (χ1) is 9.00. The van der Waals surface area contributed by atoms with Crippen molar-refractivity contribution >= 4 is 0 Å². The lowest BCUT2D eigenvalue weighted by atomic mass is 9.97. The van der Waals surface area contributed by atoms with E-state index in [1.165, 1.54) is 6.92 Å². The minimum absolute atomic E-state index is 0.0957. The van der Waals surface area contributed by atoms with Crippen LogP contribution in [0.15, 0.2) is 9.59 Å². The maximum absolute atomic E-state index is 11.8. The molecular weight excluding hydrogens is 252 g/mol. The fourth-order valence-corrected chi connectivity index (χ4v) is 2.29. The number of nitrogens with one attached hydrogen (secondary N) is 1. The van der Waals surface area contributed by atoms with Gasteiger partial charge in [-0.25, -0.2) is 9.36 Å². The molecule has 0 saturated heterocycles. The van der Waals surface area contributed by atoms with Crippen LogP contribution < -0.4 is 11.2 Å². The number of aliphatic hydroxyl groups excluding tert-OH is 2. The van der Waals surface area contributed by atoms with Gasteiger partial charge in [-0.3, -0.25) is 9.78 Å². The number of aliphatic hydroxyl groups is 2. The topological polar surface area (TPSA) is 105 Å². The summed E-state index contributed by atoms with van der Waals surface area (Å²) in [6.07, 6.45) is 0.657. The second-order valence-corrected chi connectivity index (χ2v) is 4.77. The summed E-state index contributed by atoms with van der Waals surface area (Å²) in [6.45, 7) is 1.42. The van der Waals surface area contributed by atoms with Crippen LogP contribution in [0.4, 0.5) is 0 Å². The highest BCUT2D eigenvalue weighted by molar-refractivity contribution is 5.20. The Bertz CT molecular complexity index is 560. The number of hydrogen-bond acceptors (Lipinski definition) is 5. The Morgan fingerprint density at radius 1 is 1.32 bits per heavy atom. The molecule has 0 fully saturated rings. The van der Waals surface area contributed by atoms with Crippen LogP contribution in [0.25, 0.3) is 0 Å². The van der Waals surface area contributed by atoms with E-state index >= 15 is 0 Å². The highest BCUT2D eigenvalue weighted by Gasteiger charge is 2.22. The Labute approximate surface area is 109 Å². The van der Waals surface area contributed by atoms with E-state index < -0.39 is 23.8 Å². The lowest BCUT2D eigenvalue weighted by Gasteiger charge is -2.23. The van der Waals surface area contributed by atoms with Crippen LogP contribution in [-0.4, -0.2) is 32.5 Å². The molecule has 2 rings (SSSR count). The maximum Gasteiger partial charge on any atom is 0.332 e. The SMILES string of the molecule is CC(O)COC(O)n1c2c(c(=O)[nH]c1=O)CCCC2. The monoisotopic (exact) mass is 270 g/mol. The predicted octanol–water partition coefficient (Wildman–Crippen LogP) is -0.739. The Hall–Kier alpha value is -1.44. The molecule has 2 unspecified atom stereocenters. The van der Waals surface area contributed by atoms with Crippen LogP contribution >= 0.6 is 0 Å². The molecule has 0 saturated carbocycles. The molecule has 106 valence electrons. The van der Waals surface area contributed by atoms with Gasteiger partial charge in [0.05, 0.1) is 12.7 Å². The predicted molar refractivity (Wildman–Crippen MR) is 66.9 cm³/mol. The van der Waals surface area contributed by atoms with Gasteiger partial charge < -0.3 is 14.9 Å². The van der Waals surface area contributed by atoms with Gasteiger partial charge in [-0.05, 0) is 32.6 Å². The normalized spacial score (nSPS) is 17.8. The average molecular weight is 270 g/mol. The Balaban J connectivity index is 2.39. The minimum Gasteiger partial charge on any atom is -0.391 e. The summed E-state index contributed by atoms with van der Waals surface area (Å²) in [5.41, 5.74) is -0.0222. The molecule has 0 amide bonds. The third-order valence-electron chi connectivity index (χ3n) is 3.15. The molecule has 0 spiro atoms. The number of aromatic nitrogens is 2. The van der Waals surface area contributed by atoms with Crippen LogP contribution in [0.2, 0.25) is 0 Å². The van der Waals surface area contributed by atoms with Gasteiger partial charge in [0.15, 0.2) is 0 Å². The lowest BCUT2D eigenvalue weighted by Crippen LogP contribution is -2.39. The van der Waals surface area contributed by atoms with Crippen molar-refractivity contribution < 1.29 is 14.9 Å². The summed E-state index contributed by atoms with van der Waals surface area (Å²) in [6, 6.07) is 0. The van der Waals surface area contributed by atoms with Crippen LogP contribution in [0.1, 0.15) is 37.4 Å². The standard InChI is InChI=1S/C12H18N2O5/c1-7(15)6-19-12(18)14-9-5-3-2-4-8(9)10(16)13-11(14)17/h7,12,15,18H,2-6H2,1H3,(H,13,16,17). The molecule has 1 aromatic heterocycles. The molecule has 0 aromatic carbocycles. The van der Waals surface area contributed by atoms with Crippen molar-refractivity contribution in [3.05, 3.63) is 32.1 Å². The fraction of sp³-hybridized carbons (Fsp3) is 0.667. The summed E-state index contributed by atoms with van der Waals surface area (Å²) in [5.74, 6) is 0. The molecule has 2 atom stereocenters. The van der Waals surface area contributed by atoms with Gasteiger partial charge >= 0.3 is 5.69 Å². The number of H-pyrrole nitrogens is 1. The van der Waals surface area contributed by atoms with E-state index in [0.29, 0.717) is 24.1 Å². The molecule has 1 aromatic rings. The largest absolute Gasteiger partial charge is 0.391 e. The maximum atomic E-state index is 11.8. The van der Waals surface area contributed by atoms with Crippen LogP contribution in [0.5, 0.6) is 0 Å². The minimum atomic E-state index is -1.49. The van der Waals surface area contributed by atoms with Crippen molar-refractivity contribution in [3.63, 3.8) is 0 Å². The van der Waals surface area contributed by atoms with E-state index in [-0.39, 0.29) is 6.61 Å². The molecule has 0 bridgehead atoms. The zero-order chi connectivity index (χ0) is 14.0. The van der Waals surface area contributed by atoms with Crippen LogP contribution in [0, 0.1) is 0 Å². The zero-order valence-electron chi connectivity index (χ0n) is 10.8. The molecule has 0 aliphatic heterocycles. The third-order valence-corrected chi connectivity index (χ3v) is 3.15. The summed E-state index contributed by atoms with van der Waals surface area (Å²) in [4.78, 5) is 25.7. The summed E-state index contributed by atoms with van der Waals surface area (Å²) in [7, 11) is 0. The van der Waals surface area contributed by atoms with Crippen LogP contribution in [-0.2, 0) is 17.6 Å². The smallest absolute Gasteiger partial charge is 0.332 e. The summed E-state index contributed by atoms with van der Waals surface area (Å²) < 4.78 is 6.08. The van der Waals surface area contributed by atoms with Crippen LogP contribution in [0.3, 0.4) is 0 Å². The molecule has 1 aliphatic carbocycles. The highest BCUT2D eigenvalue weighted by Crippen LogP contribution is 2.18. The van der Waals surface area contributed by atoms with Crippen molar-refractivity contribution in [2.24, 2.45) is 0 Å². The van der Waals surface area contributed by atoms with Crippen molar-refractivity contribution in [2.45, 2.75) is 45.1 Å². The van der Waals surface area contributed by atoms with E-state index in [4.69, 9.17) is 9.84 Å². The number of hydrogen-bond donors (Lipinski definition) is 3. The quantitative estimate of drug-likeness (QED) is 0.625. The second-order valence-electron chi connectivity index (χ2n) is 4.77. The number of fused-ring (bicyclic) bond motifs is 1. The van der Waals surface area contributed by atoms with Crippen molar-refractivity contribution in [1.82, 2.24) is 9.55 Å². The van der Waals surface area contributed by atoms with E-state index in [1.807, 2.05) is 0 Å². The van der Waals surface area contributed by atoms with Crippen molar-refractivity contribution in [2.75, 3.05) is 6.61 Å². The van der Waals surface area contributed by atoms with Gasteiger partial charge in [0, 0.05) is 11.3 Å².